The number of amides is 1. The molecule has 0 unspecified atom stereocenters. The van der Waals surface area contributed by atoms with E-state index in [-0.39, 0.29) is 11.3 Å². The molecule has 0 aliphatic rings. The van der Waals surface area contributed by atoms with Crippen LogP contribution in [0.2, 0.25) is 0 Å². The molecule has 2 N–H and O–H groups in total. The van der Waals surface area contributed by atoms with Crippen LogP contribution >= 0.6 is 0 Å². The lowest BCUT2D eigenvalue weighted by Gasteiger charge is -2.10. The molecule has 4 nitrogen and oxygen atoms in total. The van der Waals surface area contributed by atoms with Crippen LogP contribution in [0.1, 0.15) is 16.7 Å². The number of aryl methyl sites for hydroxylation is 1. The molecule has 26 heavy (non-hydrogen) atoms. The Bertz CT molecular complexity index is 910. The van der Waals surface area contributed by atoms with Crippen molar-refractivity contribution in [1.29, 1.82) is 5.26 Å². The average molecular weight is 364 g/mol. The van der Waals surface area contributed by atoms with Crippen LogP contribution in [0.4, 0.5) is 23.2 Å². The van der Waals surface area contributed by atoms with Gasteiger partial charge in [0.1, 0.15) is 17.6 Å². The number of aliphatic hydroxyl groups excluding tert-OH is 1. The Morgan fingerprint density at radius 2 is 1.77 bits per heavy atom. The fraction of sp³-hybridized carbons (Fsp3) is 0.111. The van der Waals surface area contributed by atoms with Crippen LogP contribution in [0.25, 0.3) is 5.76 Å². The highest BCUT2D eigenvalue weighted by molar-refractivity contribution is 6.11. The van der Waals surface area contributed by atoms with Crippen molar-refractivity contribution in [2.45, 2.75) is 13.1 Å². The van der Waals surface area contributed by atoms with Gasteiger partial charge < -0.3 is 10.4 Å². The first-order valence-corrected chi connectivity index (χ1v) is 7.22. The molecule has 0 bridgehead atoms. The summed E-state index contributed by atoms with van der Waals surface area (Å²) < 4.78 is 51.4. The Morgan fingerprint density at radius 3 is 2.31 bits per heavy atom. The van der Waals surface area contributed by atoms with Crippen LogP contribution in [-0.4, -0.2) is 11.0 Å². The van der Waals surface area contributed by atoms with Gasteiger partial charge in [-0.2, -0.15) is 18.4 Å². The smallest absolute Gasteiger partial charge is 0.416 e. The average Bonchev–Trinajstić information content (AvgIpc) is 2.58. The van der Waals surface area contributed by atoms with Gasteiger partial charge in [-0.3, -0.25) is 4.79 Å². The van der Waals surface area contributed by atoms with Gasteiger partial charge in [0.15, 0.2) is 5.57 Å². The van der Waals surface area contributed by atoms with Crippen LogP contribution in [0.3, 0.4) is 0 Å². The number of halogens is 4. The molecule has 0 aromatic heterocycles. The molecule has 0 heterocycles. The second-order valence-corrected chi connectivity index (χ2v) is 5.35. The third kappa shape index (κ3) is 4.19. The monoisotopic (exact) mass is 364 g/mol. The first-order valence-electron chi connectivity index (χ1n) is 7.22. The van der Waals surface area contributed by atoms with E-state index in [1.54, 1.807) is 6.92 Å². The maximum atomic E-state index is 13.7. The van der Waals surface area contributed by atoms with Crippen molar-refractivity contribution in [1.82, 2.24) is 0 Å². The SMILES string of the molecule is Cc1ccc(F)c(NC(=O)/C(C#N)=C(\O)c2ccc(C(F)(F)F)cc2)c1. The standard InChI is InChI=1S/C18H12F4N2O2/c1-10-2-7-14(19)15(8-10)24-17(26)13(9-23)16(25)11-3-5-12(6-4-11)18(20,21)22/h2-8,25H,1H3,(H,24,26)/b16-13-. The number of alkyl halides is 3. The second-order valence-electron chi connectivity index (χ2n) is 5.35. The minimum absolute atomic E-state index is 0.158. The number of hydrogen-bond acceptors (Lipinski definition) is 3. The van der Waals surface area contributed by atoms with Gasteiger partial charge in [-0.05, 0) is 36.8 Å². The van der Waals surface area contributed by atoms with Crippen molar-refractivity contribution >= 4 is 17.4 Å². The first kappa shape index (κ1) is 19.0. The zero-order valence-electron chi connectivity index (χ0n) is 13.4. The summed E-state index contributed by atoms with van der Waals surface area (Å²) in [5, 5.41) is 21.3. The molecule has 0 aliphatic heterocycles. The zero-order valence-corrected chi connectivity index (χ0v) is 13.4. The van der Waals surface area contributed by atoms with Crippen LogP contribution in [0.5, 0.6) is 0 Å². The third-order valence-corrected chi connectivity index (χ3v) is 3.43. The molecule has 2 aromatic rings. The molecular formula is C18H12F4N2O2. The molecule has 0 aliphatic carbocycles. The Kier molecular flexibility index (Phi) is 5.31. The summed E-state index contributed by atoms with van der Waals surface area (Å²) in [5.41, 5.74) is -1.40. The van der Waals surface area contributed by atoms with E-state index >= 15 is 0 Å². The van der Waals surface area contributed by atoms with E-state index in [9.17, 15) is 27.5 Å². The van der Waals surface area contributed by atoms with Crippen molar-refractivity contribution in [3.8, 4) is 6.07 Å². The van der Waals surface area contributed by atoms with Gasteiger partial charge in [0, 0.05) is 5.56 Å². The summed E-state index contributed by atoms with van der Waals surface area (Å²) in [6, 6.07) is 8.67. The number of aliphatic hydroxyl groups is 1. The Balaban J connectivity index is 2.34. The van der Waals surface area contributed by atoms with Crippen molar-refractivity contribution in [2.75, 3.05) is 5.32 Å². The lowest BCUT2D eigenvalue weighted by molar-refractivity contribution is -0.137. The van der Waals surface area contributed by atoms with Gasteiger partial charge in [0.2, 0.25) is 0 Å². The van der Waals surface area contributed by atoms with Crippen molar-refractivity contribution in [2.24, 2.45) is 0 Å². The quantitative estimate of drug-likeness (QED) is 0.362. The molecular weight excluding hydrogens is 352 g/mol. The van der Waals surface area contributed by atoms with E-state index in [2.05, 4.69) is 5.32 Å². The fourth-order valence-electron chi connectivity index (χ4n) is 2.09. The largest absolute Gasteiger partial charge is 0.506 e. The number of carbonyl (C=O) groups is 1. The third-order valence-electron chi connectivity index (χ3n) is 3.43. The Labute approximate surface area is 146 Å². The van der Waals surface area contributed by atoms with Crippen LogP contribution in [0.15, 0.2) is 48.0 Å². The predicted octanol–water partition coefficient (Wildman–Crippen LogP) is 4.58. The van der Waals surface area contributed by atoms with E-state index in [4.69, 9.17) is 5.26 Å². The van der Waals surface area contributed by atoms with Crippen LogP contribution in [-0.2, 0) is 11.0 Å². The summed E-state index contributed by atoms with van der Waals surface area (Å²) in [6.07, 6.45) is -4.56. The highest BCUT2D eigenvalue weighted by Crippen LogP contribution is 2.30. The molecule has 8 heteroatoms. The Morgan fingerprint density at radius 1 is 1.15 bits per heavy atom. The number of nitrogens with zero attached hydrogens (tertiary/aromatic N) is 1. The Hall–Kier alpha value is -3.34. The molecule has 0 spiro atoms. The van der Waals surface area contributed by atoms with Crippen molar-refractivity contribution in [3.63, 3.8) is 0 Å². The molecule has 0 saturated carbocycles. The van der Waals surface area contributed by atoms with E-state index in [0.29, 0.717) is 17.7 Å². The molecule has 2 rings (SSSR count). The summed E-state index contributed by atoms with van der Waals surface area (Å²) in [6.45, 7) is 1.66. The number of anilines is 1. The van der Waals surface area contributed by atoms with Gasteiger partial charge in [-0.15, -0.1) is 0 Å². The lowest BCUT2D eigenvalue weighted by atomic mass is 10.1. The first-order chi connectivity index (χ1) is 12.1. The van der Waals surface area contributed by atoms with Crippen LogP contribution < -0.4 is 5.32 Å². The minimum atomic E-state index is -4.56. The topological polar surface area (TPSA) is 73.1 Å². The van der Waals surface area contributed by atoms with Gasteiger partial charge >= 0.3 is 6.18 Å². The summed E-state index contributed by atoms with van der Waals surface area (Å²) in [4.78, 5) is 12.2. The number of nitrogens with one attached hydrogen (secondary N) is 1. The van der Waals surface area contributed by atoms with E-state index in [1.165, 1.54) is 18.2 Å². The molecule has 0 atom stereocenters. The number of rotatable bonds is 3. The van der Waals surface area contributed by atoms with Crippen molar-refractivity contribution in [3.05, 3.63) is 70.5 Å². The van der Waals surface area contributed by atoms with Crippen molar-refractivity contribution < 1.29 is 27.5 Å². The molecule has 2 aromatic carbocycles. The number of benzene rings is 2. The maximum absolute atomic E-state index is 13.7. The molecule has 1 amide bonds. The highest BCUT2D eigenvalue weighted by Gasteiger charge is 2.30. The molecule has 134 valence electrons. The summed E-state index contributed by atoms with van der Waals surface area (Å²) in [5.74, 6) is -2.64. The van der Waals surface area contributed by atoms with Gasteiger partial charge in [-0.1, -0.05) is 18.2 Å². The maximum Gasteiger partial charge on any atom is 0.416 e. The van der Waals surface area contributed by atoms with Gasteiger partial charge in [0.05, 0.1) is 11.3 Å². The van der Waals surface area contributed by atoms with E-state index in [1.807, 2.05) is 0 Å². The normalized spacial score (nSPS) is 12.2. The zero-order chi connectivity index (χ0) is 19.5. The van der Waals surface area contributed by atoms with Gasteiger partial charge in [-0.25, -0.2) is 4.39 Å². The van der Waals surface area contributed by atoms with Crippen LogP contribution in [0, 0.1) is 24.1 Å². The number of nitriles is 1. The second kappa shape index (κ2) is 7.27. The van der Waals surface area contributed by atoms with Gasteiger partial charge in [0.25, 0.3) is 5.91 Å². The predicted molar refractivity (Wildman–Crippen MR) is 86.4 cm³/mol. The number of hydrogen-bond donors (Lipinski definition) is 2. The minimum Gasteiger partial charge on any atom is -0.506 e. The summed E-state index contributed by atoms with van der Waals surface area (Å²) in [7, 11) is 0. The van der Waals surface area contributed by atoms with E-state index in [0.717, 1.165) is 18.2 Å². The molecule has 0 saturated heterocycles. The molecule has 0 radical (unpaired) electrons. The van der Waals surface area contributed by atoms with E-state index < -0.39 is 34.8 Å². The number of carbonyl (C=O) groups excluding carboxylic acids is 1. The fourth-order valence-corrected chi connectivity index (χ4v) is 2.09. The lowest BCUT2D eigenvalue weighted by Crippen LogP contribution is -2.16. The molecule has 0 fully saturated rings. The summed E-state index contributed by atoms with van der Waals surface area (Å²) >= 11 is 0. The highest BCUT2D eigenvalue weighted by atomic mass is 19.4.